The second-order valence-corrected chi connectivity index (χ2v) is 8.37. The highest BCUT2D eigenvalue weighted by atomic mass is 32.2. The molecule has 0 spiro atoms. The maximum absolute atomic E-state index is 12.5. The van der Waals surface area contributed by atoms with Crippen molar-refractivity contribution in [2.75, 3.05) is 6.61 Å². The van der Waals surface area contributed by atoms with Gasteiger partial charge in [-0.1, -0.05) is 36.4 Å². The number of carbonyl (C=O) groups excluding carboxylic acids is 1. The van der Waals surface area contributed by atoms with Gasteiger partial charge in [0, 0.05) is 17.5 Å². The molecule has 2 heterocycles. The molecule has 2 aromatic carbocycles. The molecule has 2 atom stereocenters. The predicted octanol–water partition coefficient (Wildman–Crippen LogP) is 4.75. The molecule has 1 N–H and O–H groups in total. The maximum Gasteiger partial charge on any atom is 0.264 e. The molecule has 30 heavy (non-hydrogen) atoms. The third kappa shape index (κ3) is 3.83. The van der Waals surface area contributed by atoms with E-state index in [2.05, 4.69) is 34.6 Å². The number of nitrogens with zero attached hydrogens (tertiary/aromatic N) is 2. The number of carbonyl (C=O) groups is 1. The van der Waals surface area contributed by atoms with E-state index in [0.29, 0.717) is 22.6 Å². The van der Waals surface area contributed by atoms with Crippen molar-refractivity contribution < 1.29 is 9.53 Å². The number of ether oxygens (including phenoxy) is 1. The van der Waals surface area contributed by atoms with Gasteiger partial charge in [0.25, 0.3) is 5.91 Å². The summed E-state index contributed by atoms with van der Waals surface area (Å²) in [5.41, 5.74) is 3.12. The Morgan fingerprint density at radius 3 is 2.93 bits per heavy atom. The van der Waals surface area contributed by atoms with Crippen LogP contribution < -0.4 is 10.1 Å². The summed E-state index contributed by atoms with van der Waals surface area (Å²) in [6, 6.07) is 18.5. The molecule has 6 heteroatoms. The number of nitrogens with one attached hydrogen (secondary N) is 1. The predicted molar refractivity (Wildman–Crippen MR) is 122 cm³/mol. The number of benzene rings is 2. The van der Waals surface area contributed by atoms with Gasteiger partial charge in [0.05, 0.1) is 23.1 Å². The lowest BCUT2D eigenvalue weighted by Gasteiger charge is -2.07. The molecule has 150 valence electrons. The van der Waals surface area contributed by atoms with E-state index in [1.54, 1.807) is 6.20 Å². The fourth-order valence-corrected chi connectivity index (χ4v) is 4.56. The fraction of sp³-hybridized carbons (Fsp3) is 0.208. The Bertz CT molecular complexity index is 1170. The zero-order chi connectivity index (χ0) is 20.5. The lowest BCUT2D eigenvalue weighted by atomic mass is 10.1. The topological polar surface area (TPSA) is 63.6 Å². The first kappa shape index (κ1) is 18.9. The number of rotatable bonds is 5. The summed E-state index contributed by atoms with van der Waals surface area (Å²) in [6.45, 7) is 2.55. The minimum atomic E-state index is -0.105. The van der Waals surface area contributed by atoms with Crippen LogP contribution in [0.1, 0.15) is 30.4 Å². The Labute approximate surface area is 179 Å². The lowest BCUT2D eigenvalue weighted by molar-refractivity contribution is -0.115. The van der Waals surface area contributed by atoms with E-state index in [4.69, 9.17) is 9.73 Å². The highest BCUT2D eigenvalue weighted by Gasteiger charge is 2.39. The van der Waals surface area contributed by atoms with E-state index in [9.17, 15) is 4.79 Å². The van der Waals surface area contributed by atoms with Crippen molar-refractivity contribution in [3.8, 4) is 5.75 Å². The Kier molecular flexibility index (Phi) is 5.01. The zero-order valence-electron chi connectivity index (χ0n) is 16.5. The third-order valence-electron chi connectivity index (χ3n) is 5.24. The van der Waals surface area contributed by atoms with Gasteiger partial charge in [0.2, 0.25) is 0 Å². The minimum Gasteiger partial charge on any atom is -0.493 e. The number of aliphatic imine (C=N–C) groups is 1. The minimum absolute atomic E-state index is 0.105. The van der Waals surface area contributed by atoms with Crippen molar-refractivity contribution >= 4 is 39.8 Å². The molecule has 1 saturated heterocycles. The number of thioether (sulfide) groups is 1. The van der Waals surface area contributed by atoms with E-state index in [-0.39, 0.29) is 11.9 Å². The maximum atomic E-state index is 12.5. The van der Waals surface area contributed by atoms with Crippen molar-refractivity contribution in [3.63, 3.8) is 0 Å². The fourth-order valence-electron chi connectivity index (χ4n) is 3.68. The number of hydrogen-bond acceptors (Lipinski definition) is 5. The van der Waals surface area contributed by atoms with E-state index in [1.165, 1.54) is 17.3 Å². The van der Waals surface area contributed by atoms with E-state index in [1.807, 2.05) is 43.3 Å². The standard InChI is InChI=1S/C24H21N3O2S/c1-2-29-21-10-11-25-19-9-8-15(12-18(19)21)13-22-23(28)27-24(30-22)26-20-14-17(20)16-6-4-3-5-7-16/h3-13,17,20H,2,14H2,1H3,(H,26,27,28)/b22-13-/t17-,20+/m1/s1. The number of amidine groups is 1. The molecule has 1 aliphatic carbocycles. The molecule has 5 rings (SSSR count). The van der Waals surface area contributed by atoms with Gasteiger partial charge in [-0.15, -0.1) is 0 Å². The molecule has 5 nitrogen and oxygen atoms in total. The first-order chi connectivity index (χ1) is 14.7. The number of pyridine rings is 1. The summed E-state index contributed by atoms with van der Waals surface area (Å²) in [6.07, 6.45) is 4.67. The summed E-state index contributed by atoms with van der Waals surface area (Å²) in [7, 11) is 0. The molecule has 3 aromatic rings. The number of hydrogen-bond donors (Lipinski definition) is 1. The smallest absolute Gasteiger partial charge is 0.264 e. The second-order valence-electron chi connectivity index (χ2n) is 7.34. The van der Waals surface area contributed by atoms with Crippen molar-refractivity contribution in [2.24, 2.45) is 4.99 Å². The van der Waals surface area contributed by atoms with Gasteiger partial charge in [-0.2, -0.15) is 0 Å². The van der Waals surface area contributed by atoms with E-state index >= 15 is 0 Å². The Balaban J connectivity index is 1.35. The van der Waals surface area contributed by atoms with Gasteiger partial charge in [-0.25, -0.2) is 0 Å². The van der Waals surface area contributed by atoms with Crippen LogP contribution in [0.3, 0.4) is 0 Å². The van der Waals surface area contributed by atoms with Crippen LogP contribution >= 0.6 is 11.8 Å². The second kappa shape index (κ2) is 7.95. The number of amides is 1. The highest BCUT2D eigenvalue weighted by Crippen LogP contribution is 2.44. The average Bonchev–Trinajstić information content (AvgIpc) is 3.45. The first-order valence-electron chi connectivity index (χ1n) is 10.1. The molecule has 0 bridgehead atoms. The molecule has 2 aliphatic rings. The van der Waals surface area contributed by atoms with Crippen LogP contribution in [0.4, 0.5) is 0 Å². The van der Waals surface area contributed by atoms with E-state index in [0.717, 1.165) is 28.6 Å². The summed E-state index contributed by atoms with van der Waals surface area (Å²) in [5, 5.41) is 4.53. The van der Waals surface area contributed by atoms with Crippen LogP contribution in [0, 0.1) is 0 Å². The van der Waals surface area contributed by atoms with Crippen molar-refractivity contribution in [2.45, 2.75) is 25.3 Å². The molecule has 0 unspecified atom stereocenters. The Hall–Kier alpha value is -3.12. The molecular weight excluding hydrogens is 394 g/mol. The van der Waals surface area contributed by atoms with Crippen LogP contribution in [0.5, 0.6) is 5.75 Å². The molecule has 1 aliphatic heterocycles. The monoisotopic (exact) mass is 415 g/mol. The SMILES string of the molecule is CCOc1ccnc2ccc(/C=C3\SC(=N[C@H]4C[C@@H]4c4ccccc4)NC3=O)cc12. The molecule has 0 radical (unpaired) electrons. The molecule has 1 amide bonds. The van der Waals surface area contributed by atoms with Gasteiger partial charge in [-0.05, 0) is 60.5 Å². The third-order valence-corrected chi connectivity index (χ3v) is 6.17. The lowest BCUT2D eigenvalue weighted by Crippen LogP contribution is -2.20. The van der Waals surface area contributed by atoms with Crippen molar-refractivity contribution in [1.29, 1.82) is 0 Å². The Morgan fingerprint density at radius 2 is 2.10 bits per heavy atom. The van der Waals surface area contributed by atoms with Crippen molar-refractivity contribution in [3.05, 3.63) is 76.8 Å². The van der Waals surface area contributed by atoms with Gasteiger partial charge >= 0.3 is 0 Å². The summed E-state index contributed by atoms with van der Waals surface area (Å²) < 4.78 is 5.72. The normalized spacial score (nSPS) is 23.2. The number of aromatic nitrogens is 1. The van der Waals surface area contributed by atoms with Crippen LogP contribution in [0.15, 0.2) is 70.7 Å². The van der Waals surface area contributed by atoms with Crippen molar-refractivity contribution in [1.82, 2.24) is 10.3 Å². The quantitative estimate of drug-likeness (QED) is 0.611. The average molecular weight is 416 g/mol. The van der Waals surface area contributed by atoms with Crippen LogP contribution in [-0.2, 0) is 4.79 Å². The van der Waals surface area contributed by atoms with Gasteiger partial charge < -0.3 is 10.1 Å². The summed E-state index contributed by atoms with van der Waals surface area (Å²) in [5.74, 6) is 1.15. The van der Waals surface area contributed by atoms with Crippen LogP contribution in [-0.4, -0.2) is 28.7 Å². The summed E-state index contributed by atoms with van der Waals surface area (Å²) >= 11 is 1.40. The number of fused-ring (bicyclic) bond motifs is 1. The molecule has 2 fully saturated rings. The van der Waals surface area contributed by atoms with Gasteiger partial charge in [0.15, 0.2) is 5.17 Å². The van der Waals surface area contributed by atoms with Gasteiger partial charge in [0.1, 0.15) is 5.75 Å². The van der Waals surface area contributed by atoms with Crippen LogP contribution in [0.2, 0.25) is 0 Å². The molecule has 1 aromatic heterocycles. The highest BCUT2D eigenvalue weighted by molar-refractivity contribution is 8.18. The van der Waals surface area contributed by atoms with Crippen LogP contribution in [0.25, 0.3) is 17.0 Å². The van der Waals surface area contributed by atoms with Gasteiger partial charge in [-0.3, -0.25) is 14.8 Å². The first-order valence-corrected chi connectivity index (χ1v) is 10.9. The van der Waals surface area contributed by atoms with E-state index < -0.39 is 0 Å². The largest absolute Gasteiger partial charge is 0.493 e. The molecular formula is C24H21N3O2S. The Morgan fingerprint density at radius 1 is 1.23 bits per heavy atom. The zero-order valence-corrected chi connectivity index (χ0v) is 17.4. The summed E-state index contributed by atoms with van der Waals surface area (Å²) in [4.78, 5) is 22.2. The molecule has 1 saturated carbocycles.